The predicted molar refractivity (Wildman–Crippen MR) is 83.4 cm³/mol. The van der Waals surface area contributed by atoms with E-state index in [9.17, 15) is 4.79 Å². The number of likely N-dealkylation sites (tertiary alicyclic amines) is 1. The Kier molecular flexibility index (Phi) is 4.49. The fraction of sp³-hybridized carbons (Fsp3) is 0.750. The molecule has 0 bridgehead atoms. The molecule has 6 nitrogen and oxygen atoms in total. The number of carbonyl (C=O) groups is 1. The molecule has 1 amide bonds. The van der Waals surface area contributed by atoms with Crippen molar-refractivity contribution in [2.75, 3.05) is 26.2 Å². The highest BCUT2D eigenvalue weighted by molar-refractivity contribution is 5.76. The lowest BCUT2D eigenvalue weighted by atomic mass is 9.91. The fourth-order valence-electron chi connectivity index (χ4n) is 3.20. The van der Waals surface area contributed by atoms with Gasteiger partial charge in [-0.25, -0.2) is 0 Å². The zero-order valence-corrected chi connectivity index (χ0v) is 13.5. The van der Waals surface area contributed by atoms with Crippen LogP contribution in [0, 0.1) is 0 Å². The predicted octanol–water partition coefficient (Wildman–Crippen LogP) is 1.34. The van der Waals surface area contributed by atoms with Gasteiger partial charge in [-0.05, 0) is 26.7 Å². The molecule has 1 spiro atoms. The molecule has 0 atom stereocenters. The number of carbonyl (C=O) groups excluding carboxylic acids is 1. The summed E-state index contributed by atoms with van der Waals surface area (Å²) in [5.41, 5.74) is 1.12. The van der Waals surface area contributed by atoms with Crippen LogP contribution in [0.4, 0.5) is 0 Å². The minimum atomic E-state index is -0.148. The van der Waals surface area contributed by atoms with Gasteiger partial charge in [0.1, 0.15) is 0 Å². The molecule has 22 heavy (non-hydrogen) atoms. The average molecular weight is 306 g/mol. The van der Waals surface area contributed by atoms with Crippen molar-refractivity contribution in [1.29, 1.82) is 0 Å². The normalized spacial score (nSPS) is 22.8. The van der Waals surface area contributed by atoms with Crippen LogP contribution in [0.1, 0.15) is 44.7 Å². The molecule has 2 fully saturated rings. The maximum atomic E-state index is 11.5. The molecule has 0 aliphatic carbocycles. The maximum absolute atomic E-state index is 11.5. The summed E-state index contributed by atoms with van der Waals surface area (Å²) in [5.74, 6) is 0.111. The first-order valence-electron chi connectivity index (χ1n) is 8.22. The Hall–Kier alpha value is -1.40. The van der Waals surface area contributed by atoms with Crippen LogP contribution in [-0.2, 0) is 16.1 Å². The summed E-state index contributed by atoms with van der Waals surface area (Å²) < 4.78 is 8.01. The molecular formula is C16H26N4O2. The van der Waals surface area contributed by atoms with Crippen molar-refractivity contribution in [2.45, 2.75) is 51.3 Å². The highest BCUT2D eigenvalue weighted by Crippen LogP contribution is 2.28. The monoisotopic (exact) mass is 306 g/mol. The van der Waals surface area contributed by atoms with E-state index >= 15 is 0 Å². The molecule has 0 radical (unpaired) electrons. The summed E-state index contributed by atoms with van der Waals surface area (Å²) in [6.07, 6.45) is 6.54. The van der Waals surface area contributed by atoms with Crippen molar-refractivity contribution in [2.24, 2.45) is 0 Å². The molecule has 1 aromatic heterocycles. The van der Waals surface area contributed by atoms with Gasteiger partial charge in [0.2, 0.25) is 5.91 Å². The van der Waals surface area contributed by atoms with Crippen LogP contribution < -0.4 is 5.32 Å². The SMILES string of the molecule is CC(C)n1cc(CN2CCC3(CC2)CNC(=O)CCO3)cn1. The fourth-order valence-corrected chi connectivity index (χ4v) is 3.20. The summed E-state index contributed by atoms with van der Waals surface area (Å²) in [6.45, 7) is 8.43. The van der Waals surface area contributed by atoms with E-state index in [1.165, 1.54) is 5.56 Å². The van der Waals surface area contributed by atoms with Gasteiger partial charge in [0, 0.05) is 50.4 Å². The Bertz CT molecular complexity index is 518. The molecule has 3 rings (SSSR count). The second-order valence-corrected chi connectivity index (χ2v) is 6.76. The highest BCUT2D eigenvalue weighted by Gasteiger charge is 2.37. The maximum Gasteiger partial charge on any atom is 0.222 e. The van der Waals surface area contributed by atoms with Crippen molar-refractivity contribution in [3.05, 3.63) is 18.0 Å². The molecule has 1 N–H and O–H groups in total. The summed E-state index contributed by atoms with van der Waals surface area (Å²) in [5, 5.41) is 7.39. The standard InChI is InChI=1S/C16H26N4O2/c1-13(2)20-11-14(9-18-20)10-19-6-4-16(5-7-19)12-17-15(21)3-8-22-16/h9,11,13H,3-8,10,12H2,1-2H3,(H,17,21). The number of nitrogens with zero attached hydrogens (tertiary/aromatic N) is 3. The number of aromatic nitrogens is 2. The Morgan fingerprint density at radius 2 is 2.18 bits per heavy atom. The van der Waals surface area contributed by atoms with Crippen molar-refractivity contribution in [3.8, 4) is 0 Å². The van der Waals surface area contributed by atoms with Gasteiger partial charge in [0.05, 0.1) is 18.4 Å². The van der Waals surface area contributed by atoms with Crippen molar-refractivity contribution in [1.82, 2.24) is 20.0 Å². The van der Waals surface area contributed by atoms with E-state index in [1.54, 1.807) is 0 Å². The van der Waals surface area contributed by atoms with Gasteiger partial charge in [0.15, 0.2) is 0 Å². The Labute approximate surface area is 131 Å². The number of hydrogen-bond acceptors (Lipinski definition) is 4. The molecule has 0 unspecified atom stereocenters. The zero-order chi connectivity index (χ0) is 15.6. The van der Waals surface area contributed by atoms with Crippen molar-refractivity contribution in [3.63, 3.8) is 0 Å². The van der Waals surface area contributed by atoms with Gasteiger partial charge in [0.25, 0.3) is 0 Å². The molecule has 2 aliphatic heterocycles. The summed E-state index contributed by atoms with van der Waals surface area (Å²) in [4.78, 5) is 13.9. The number of piperidine rings is 1. The second-order valence-electron chi connectivity index (χ2n) is 6.76. The first-order chi connectivity index (χ1) is 10.6. The lowest BCUT2D eigenvalue weighted by Gasteiger charge is -2.40. The van der Waals surface area contributed by atoms with Gasteiger partial charge < -0.3 is 10.1 Å². The van der Waals surface area contributed by atoms with Gasteiger partial charge in [-0.3, -0.25) is 14.4 Å². The third-order valence-corrected chi connectivity index (χ3v) is 4.70. The van der Waals surface area contributed by atoms with E-state index in [2.05, 4.69) is 35.4 Å². The van der Waals surface area contributed by atoms with Crippen LogP contribution in [0.2, 0.25) is 0 Å². The first-order valence-corrected chi connectivity index (χ1v) is 8.22. The zero-order valence-electron chi connectivity index (χ0n) is 13.5. The van der Waals surface area contributed by atoms with Gasteiger partial charge >= 0.3 is 0 Å². The molecule has 1 aromatic rings. The van der Waals surface area contributed by atoms with E-state index in [-0.39, 0.29) is 11.5 Å². The summed E-state index contributed by atoms with van der Waals surface area (Å²) in [7, 11) is 0. The van der Waals surface area contributed by atoms with E-state index in [0.717, 1.165) is 32.5 Å². The van der Waals surface area contributed by atoms with Gasteiger partial charge in [-0.2, -0.15) is 5.10 Å². The molecule has 6 heteroatoms. The topological polar surface area (TPSA) is 59.4 Å². The molecule has 3 heterocycles. The number of amides is 1. The van der Waals surface area contributed by atoms with Crippen LogP contribution in [0.15, 0.2) is 12.4 Å². The van der Waals surface area contributed by atoms with Gasteiger partial charge in [-0.15, -0.1) is 0 Å². The van der Waals surface area contributed by atoms with Crippen molar-refractivity contribution < 1.29 is 9.53 Å². The second kappa shape index (κ2) is 6.38. The van der Waals surface area contributed by atoms with Crippen LogP contribution in [0.5, 0.6) is 0 Å². The van der Waals surface area contributed by atoms with Crippen LogP contribution in [0.25, 0.3) is 0 Å². The lowest BCUT2D eigenvalue weighted by Crippen LogP contribution is -2.50. The first kappa shape index (κ1) is 15.5. The van der Waals surface area contributed by atoms with E-state index in [0.29, 0.717) is 25.6 Å². The van der Waals surface area contributed by atoms with E-state index in [1.807, 2.05) is 10.9 Å². The molecular weight excluding hydrogens is 280 g/mol. The summed E-state index contributed by atoms with van der Waals surface area (Å²) >= 11 is 0. The number of ether oxygens (including phenoxy) is 1. The Balaban J connectivity index is 1.53. The highest BCUT2D eigenvalue weighted by atomic mass is 16.5. The smallest absolute Gasteiger partial charge is 0.222 e. The third-order valence-electron chi connectivity index (χ3n) is 4.70. The van der Waals surface area contributed by atoms with E-state index in [4.69, 9.17) is 4.74 Å². The summed E-state index contributed by atoms with van der Waals surface area (Å²) in [6, 6.07) is 0.404. The molecule has 122 valence electrons. The van der Waals surface area contributed by atoms with Crippen molar-refractivity contribution >= 4 is 5.91 Å². The Morgan fingerprint density at radius 3 is 2.86 bits per heavy atom. The van der Waals surface area contributed by atoms with E-state index < -0.39 is 0 Å². The lowest BCUT2D eigenvalue weighted by molar-refractivity contribution is -0.120. The largest absolute Gasteiger partial charge is 0.373 e. The average Bonchev–Trinajstić information content (AvgIpc) is 2.89. The number of nitrogens with one attached hydrogen (secondary N) is 1. The Morgan fingerprint density at radius 1 is 1.41 bits per heavy atom. The number of hydrogen-bond donors (Lipinski definition) is 1. The number of rotatable bonds is 3. The molecule has 2 saturated heterocycles. The molecule has 2 aliphatic rings. The van der Waals surface area contributed by atoms with Crippen LogP contribution >= 0.6 is 0 Å². The van der Waals surface area contributed by atoms with Crippen LogP contribution in [0.3, 0.4) is 0 Å². The molecule has 0 aromatic carbocycles. The molecule has 0 saturated carbocycles. The minimum Gasteiger partial charge on any atom is -0.373 e. The third kappa shape index (κ3) is 3.50. The minimum absolute atomic E-state index is 0.111. The quantitative estimate of drug-likeness (QED) is 0.915. The van der Waals surface area contributed by atoms with Gasteiger partial charge in [-0.1, -0.05) is 0 Å². The van der Waals surface area contributed by atoms with Crippen LogP contribution in [-0.4, -0.2) is 52.4 Å².